The van der Waals surface area contributed by atoms with Crippen LogP contribution in [-0.4, -0.2) is 20.7 Å². The highest BCUT2D eigenvalue weighted by Crippen LogP contribution is 2.51. The molecule has 0 bridgehead atoms. The lowest BCUT2D eigenvalue weighted by molar-refractivity contribution is -0.0931. The summed E-state index contributed by atoms with van der Waals surface area (Å²) in [4.78, 5) is 15.5. The Labute approximate surface area is 191 Å². The normalized spacial score (nSPS) is 14.0. The Morgan fingerprint density at radius 1 is 1.00 bits per heavy atom. The molecule has 0 aliphatic rings. The number of ether oxygens (including phenoxy) is 2. The molecule has 7 heteroatoms. The highest BCUT2D eigenvalue weighted by atomic mass is 79.9. The van der Waals surface area contributed by atoms with Crippen LogP contribution in [-0.2, 0) is 4.74 Å². The first-order valence-corrected chi connectivity index (χ1v) is 10.9. The minimum absolute atomic E-state index is 0.427. The zero-order valence-electron chi connectivity index (χ0n) is 18.2. The lowest BCUT2D eigenvalue weighted by Crippen LogP contribution is -2.48. The van der Waals surface area contributed by atoms with Crippen LogP contribution in [0.4, 0.5) is 4.79 Å². The third-order valence-corrected chi connectivity index (χ3v) is 7.40. The van der Waals surface area contributed by atoms with Gasteiger partial charge >= 0.3 is 6.09 Å². The number of halogens is 1. The standard InChI is InChI=1S/C24H28BrN3O3/c1-23(2,20(25)31-22(26)29)24(3,4)21(28-15-14-27-16-28)30-19-12-10-18(11-13-19)17-8-6-5-7-9-17/h5-16,20-21H,1-4H3,(H2,26,29). The number of amides is 1. The molecule has 0 spiro atoms. The number of carbonyl (C=O) groups is 1. The van der Waals surface area contributed by atoms with Crippen molar-refractivity contribution in [3.8, 4) is 16.9 Å². The van der Waals surface area contributed by atoms with Crippen molar-refractivity contribution in [2.75, 3.05) is 0 Å². The second-order valence-electron chi connectivity index (χ2n) is 8.57. The van der Waals surface area contributed by atoms with Crippen LogP contribution < -0.4 is 10.5 Å². The van der Waals surface area contributed by atoms with Crippen molar-refractivity contribution < 1.29 is 14.3 Å². The predicted molar refractivity (Wildman–Crippen MR) is 125 cm³/mol. The molecule has 1 heterocycles. The van der Waals surface area contributed by atoms with E-state index in [1.807, 2.05) is 67.1 Å². The van der Waals surface area contributed by atoms with Crippen LogP contribution in [0.2, 0.25) is 0 Å². The fraction of sp³-hybridized carbons (Fsp3) is 0.333. The van der Waals surface area contributed by atoms with E-state index in [9.17, 15) is 4.79 Å². The average molecular weight is 486 g/mol. The summed E-state index contributed by atoms with van der Waals surface area (Å²) in [7, 11) is 0. The minimum atomic E-state index is -0.831. The van der Waals surface area contributed by atoms with Gasteiger partial charge in [0, 0.05) is 23.2 Å². The zero-order valence-corrected chi connectivity index (χ0v) is 19.7. The van der Waals surface area contributed by atoms with Crippen LogP contribution in [0, 0.1) is 10.8 Å². The van der Waals surface area contributed by atoms with E-state index in [0.29, 0.717) is 0 Å². The molecule has 3 aromatic rings. The van der Waals surface area contributed by atoms with Gasteiger partial charge in [-0.2, -0.15) is 0 Å². The molecule has 2 unspecified atom stereocenters. The Kier molecular flexibility index (Phi) is 6.74. The fourth-order valence-electron chi connectivity index (χ4n) is 3.33. The smallest absolute Gasteiger partial charge is 0.405 e. The fourth-order valence-corrected chi connectivity index (χ4v) is 4.11. The van der Waals surface area contributed by atoms with Crippen molar-refractivity contribution >= 4 is 22.0 Å². The highest BCUT2D eigenvalue weighted by molar-refractivity contribution is 9.09. The van der Waals surface area contributed by atoms with E-state index in [0.717, 1.165) is 16.9 Å². The number of hydrogen-bond donors (Lipinski definition) is 1. The Morgan fingerprint density at radius 3 is 2.16 bits per heavy atom. The van der Waals surface area contributed by atoms with E-state index in [1.165, 1.54) is 0 Å². The first-order valence-electron chi connectivity index (χ1n) is 10.0. The third-order valence-electron chi connectivity index (χ3n) is 6.07. The first kappa shape index (κ1) is 22.9. The lowest BCUT2D eigenvalue weighted by Gasteiger charge is -2.48. The highest BCUT2D eigenvalue weighted by Gasteiger charge is 2.50. The average Bonchev–Trinajstić information content (AvgIpc) is 3.26. The molecule has 31 heavy (non-hydrogen) atoms. The van der Waals surface area contributed by atoms with Gasteiger partial charge in [0.15, 0.2) is 11.2 Å². The maximum absolute atomic E-state index is 11.3. The van der Waals surface area contributed by atoms with Gasteiger partial charge in [-0.3, -0.25) is 0 Å². The molecule has 6 nitrogen and oxygen atoms in total. The summed E-state index contributed by atoms with van der Waals surface area (Å²) in [6.45, 7) is 8.13. The molecule has 0 saturated carbocycles. The van der Waals surface area contributed by atoms with Crippen molar-refractivity contribution in [3.63, 3.8) is 0 Å². The number of alkyl halides is 1. The summed E-state index contributed by atoms with van der Waals surface area (Å²) < 4.78 is 13.7. The monoisotopic (exact) mass is 485 g/mol. The number of imidazole rings is 1. The molecule has 2 atom stereocenters. The largest absolute Gasteiger partial charge is 0.470 e. The molecule has 0 saturated heterocycles. The van der Waals surface area contributed by atoms with E-state index in [-0.39, 0.29) is 0 Å². The first-order chi connectivity index (χ1) is 14.6. The van der Waals surface area contributed by atoms with Crippen LogP contribution in [0.1, 0.15) is 33.9 Å². The maximum atomic E-state index is 11.3. The molecule has 2 aromatic carbocycles. The molecule has 1 aromatic heterocycles. The minimum Gasteiger partial charge on any atom is -0.470 e. The van der Waals surface area contributed by atoms with Crippen LogP contribution >= 0.6 is 15.9 Å². The number of nitrogens with two attached hydrogens (primary N) is 1. The number of nitrogens with zero attached hydrogens (tertiary/aromatic N) is 2. The number of aromatic nitrogens is 2. The topological polar surface area (TPSA) is 79.4 Å². The second-order valence-corrected chi connectivity index (χ2v) is 9.40. The Hall–Kier alpha value is -2.80. The molecule has 0 fully saturated rings. The van der Waals surface area contributed by atoms with E-state index in [2.05, 4.69) is 46.9 Å². The van der Waals surface area contributed by atoms with Crippen molar-refractivity contribution in [2.45, 2.75) is 38.9 Å². The molecule has 1 amide bonds. The van der Waals surface area contributed by atoms with Crippen LogP contribution in [0.15, 0.2) is 73.3 Å². The van der Waals surface area contributed by atoms with Crippen molar-refractivity contribution in [1.82, 2.24) is 9.55 Å². The number of carbonyl (C=O) groups excluding carboxylic acids is 1. The molecule has 0 radical (unpaired) electrons. The maximum Gasteiger partial charge on any atom is 0.405 e. The number of primary amides is 1. The van der Waals surface area contributed by atoms with Gasteiger partial charge in [-0.15, -0.1) is 0 Å². The SMILES string of the molecule is CC(C)(C(Br)OC(N)=O)C(C)(C)C(Oc1ccc(-c2ccccc2)cc1)n1ccnc1. The Balaban J connectivity index is 1.90. The Bertz CT molecular complexity index is 987. The van der Waals surface area contributed by atoms with E-state index < -0.39 is 28.2 Å². The second kappa shape index (κ2) is 9.14. The van der Waals surface area contributed by atoms with E-state index >= 15 is 0 Å². The molecule has 0 aliphatic heterocycles. The van der Waals surface area contributed by atoms with Gasteiger partial charge in [-0.25, -0.2) is 9.78 Å². The van der Waals surface area contributed by atoms with Gasteiger partial charge < -0.3 is 19.8 Å². The number of benzene rings is 2. The Morgan fingerprint density at radius 2 is 1.61 bits per heavy atom. The van der Waals surface area contributed by atoms with Crippen molar-refractivity contribution in [2.24, 2.45) is 16.6 Å². The molecule has 3 rings (SSSR count). The van der Waals surface area contributed by atoms with Gasteiger partial charge in [-0.1, -0.05) is 70.2 Å². The zero-order chi connectivity index (χ0) is 22.6. The van der Waals surface area contributed by atoms with Crippen LogP contribution in [0.3, 0.4) is 0 Å². The molecule has 2 N–H and O–H groups in total. The van der Waals surface area contributed by atoms with Crippen LogP contribution in [0.5, 0.6) is 5.75 Å². The van der Waals surface area contributed by atoms with Gasteiger partial charge in [0.25, 0.3) is 0 Å². The summed E-state index contributed by atoms with van der Waals surface area (Å²) in [6, 6.07) is 18.2. The molecular formula is C24H28BrN3O3. The third kappa shape index (κ3) is 4.93. The van der Waals surface area contributed by atoms with Crippen molar-refractivity contribution in [1.29, 1.82) is 0 Å². The van der Waals surface area contributed by atoms with E-state index in [4.69, 9.17) is 15.2 Å². The van der Waals surface area contributed by atoms with Crippen molar-refractivity contribution in [3.05, 3.63) is 73.3 Å². The van der Waals surface area contributed by atoms with Gasteiger partial charge in [-0.05, 0) is 39.2 Å². The summed E-state index contributed by atoms with van der Waals surface area (Å²) >= 11 is 3.48. The molecular weight excluding hydrogens is 458 g/mol. The van der Waals surface area contributed by atoms with E-state index in [1.54, 1.807) is 12.5 Å². The predicted octanol–water partition coefficient (Wildman–Crippen LogP) is 6.00. The molecule has 164 valence electrons. The van der Waals surface area contributed by atoms with Crippen LogP contribution in [0.25, 0.3) is 11.1 Å². The summed E-state index contributed by atoms with van der Waals surface area (Å²) in [5.41, 5.74) is 6.44. The van der Waals surface area contributed by atoms with Gasteiger partial charge in [0.2, 0.25) is 0 Å². The molecule has 0 aliphatic carbocycles. The number of hydrogen-bond acceptors (Lipinski definition) is 4. The van der Waals surface area contributed by atoms with Gasteiger partial charge in [0.05, 0.1) is 6.33 Å². The quantitative estimate of drug-likeness (QED) is 0.397. The summed E-state index contributed by atoms with van der Waals surface area (Å²) in [5, 5.41) is -0.609. The summed E-state index contributed by atoms with van der Waals surface area (Å²) in [6.07, 6.45) is 4.04. The number of rotatable bonds is 8. The summed E-state index contributed by atoms with van der Waals surface area (Å²) in [5.74, 6) is 0.726. The van der Waals surface area contributed by atoms with Gasteiger partial charge in [0.1, 0.15) is 5.75 Å². The lowest BCUT2D eigenvalue weighted by atomic mass is 9.67.